The van der Waals surface area contributed by atoms with Crippen molar-refractivity contribution in [2.24, 2.45) is 5.92 Å². The smallest absolute Gasteiger partial charge is 0.240 e. The Hall–Kier alpha value is -3.78. The molecule has 0 saturated heterocycles. The summed E-state index contributed by atoms with van der Waals surface area (Å²) in [5.74, 6) is 0.215. The van der Waals surface area contributed by atoms with Crippen LogP contribution in [0.4, 0.5) is 16.0 Å². The Morgan fingerprint density at radius 3 is 2.88 bits per heavy atom. The average molecular weight is 431 g/mol. The average Bonchev–Trinajstić information content (AvgIpc) is 3.20. The molecule has 1 atom stereocenters. The lowest BCUT2D eigenvalue weighted by Crippen LogP contribution is -2.80. The van der Waals surface area contributed by atoms with Gasteiger partial charge in [0.15, 0.2) is 11.6 Å². The maximum absolute atomic E-state index is 13.7. The Kier molecular flexibility index (Phi) is 5.07. The third kappa shape index (κ3) is 3.58. The first-order chi connectivity index (χ1) is 15.5. The standard InChI is InChI=1S/C24H23FN6O/c25-18-10-17-7-8-31(19(17)11-20(18)32)23(27)21-22(26)29-13-30-24(21)28-12-14-5-6-15-3-1-2-4-16(15)9-14/h1-4,7-8,10-11,13-14,27,32H,5-6,9,12H2,(H3,26,28,29,30)/p+1. The number of hydrogen-bond donors (Lipinski definition) is 4. The molecule has 2 aromatic carbocycles. The van der Waals surface area contributed by atoms with Crippen molar-refractivity contribution < 1.29 is 14.8 Å². The Labute approximate surface area is 184 Å². The van der Waals surface area contributed by atoms with Crippen LogP contribution in [0, 0.1) is 17.1 Å². The van der Waals surface area contributed by atoms with Gasteiger partial charge in [-0.1, -0.05) is 24.3 Å². The lowest BCUT2D eigenvalue weighted by molar-refractivity contribution is -0.582. The second kappa shape index (κ2) is 8.05. The predicted molar refractivity (Wildman–Crippen MR) is 121 cm³/mol. The number of phenols is 1. The highest BCUT2D eigenvalue weighted by Gasteiger charge is 2.24. The minimum Gasteiger partial charge on any atom is -0.505 e. The molecule has 0 fully saturated rings. The number of quaternary nitrogens is 1. The minimum absolute atomic E-state index is 0.0735. The molecule has 1 aliphatic carbocycles. The van der Waals surface area contributed by atoms with Crippen LogP contribution in [0.15, 0.2) is 55.0 Å². The summed E-state index contributed by atoms with van der Waals surface area (Å²) in [5, 5.41) is 21.2. The van der Waals surface area contributed by atoms with Gasteiger partial charge in [0.2, 0.25) is 5.82 Å². The molecule has 2 heterocycles. The highest BCUT2D eigenvalue weighted by molar-refractivity contribution is 6.08. The molecule has 8 heteroatoms. The van der Waals surface area contributed by atoms with Gasteiger partial charge in [-0.3, -0.25) is 10.7 Å². The van der Waals surface area contributed by atoms with Crippen LogP contribution in [-0.2, 0) is 12.8 Å². The van der Waals surface area contributed by atoms with E-state index in [4.69, 9.17) is 11.1 Å². The van der Waals surface area contributed by atoms with E-state index in [0.29, 0.717) is 28.2 Å². The number of nitrogen functional groups attached to an aromatic ring is 1. The molecule has 0 amide bonds. The van der Waals surface area contributed by atoms with Crippen molar-refractivity contribution in [1.29, 1.82) is 5.41 Å². The number of aromatic nitrogens is 3. The van der Waals surface area contributed by atoms with Crippen molar-refractivity contribution in [3.05, 3.63) is 77.5 Å². The van der Waals surface area contributed by atoms with Gasteiger partial charge in [0.05, 0.1) is 12.1 Å². The lowest BCUT2D eigenvalue weighted by atomic mass is 9.84. The molecule has 0 bridgehead atoms. The molecule has 0 saturated carbocycles. The first-order valence-electron chi connectivity index (χ1n) is 10.6. The molecule has 0 spiro atoms. The van der Waals surface area contributed by atoms with E-state index in [1.807, 2.05) is 5.32 Å². The fourth-order valence-corrected chi connectivity index (χ4v) is 4.52. The Balaban J connectivity index is 1.41. The highest BCUT2D eigenvalue weighted by atomic mass is 19.1. The second-order valence-corrected chi connectivity index (χ2v) is 8.23. The molecule has 162 valence electrons. The number of halogens is 1. The molecule has 7 nitrogen and oxygen atoms in total. The molecule has 0 radical (unpaired) electrons. The molecule has 4 aromatic rings. The summed E-state index contributed by atoms with van der Waals surface area (Å²) < 4.78 is 15.3. The van der Waals surface area contributed by atoms with Gasteiger partial charge in [0, 0.05) is 23.6 Å². The monoisotopic (exact) mass is 431 g/mol. The second-order valence-electron chi connectivity index (χ2n) is 8.23. The Bertz CT molecular complexity index is 1330. The van der Waals surface area contributed by atoms with Crippen LogP contribution < -0.4 is 11.1 Å². The van der Waals surface area contributed by atoms with E-state index >= 15 is 0 Å². The van der Waals surface area contributed by atoms with E-state index in [9.17, 15) is 9.50 Å². The quantitative estimate of drug-likeness (QED) is 0.294. The van der Waals surface area contributed by atoms with Crippen molar-refractivity contribution in [3.8, 4) is 5.75 Å². The maximum Gasteiger partial charge on any atom is 0.240 e. The maximum atomic E-state index is 13.7. The van der Waals surface area contributed by atoms with Crippen LogP contribution in [0.5, 0.6) is 5.75 Å². The van der Waals surface area contributed by atoms with Gasteiger partial charge < -0.3 is 15.4 Å². The number of aryl methyl sites for hydroxylation is 1. The number of anilines is 1. The first-order valence-corrected chi connectivity index (χ1v) is 10.6. The van der Waals surface area contributed by atoms with Crippen LogP contribution in [-0.4, -0.2) is 32.0 Å². The Morgan fingerprint density at radius 2 is 2.03 bits per heavy atom. The van der Waals surface area contributed by atoms with Crippen LogP contribution in [0.3, 0.4) is 0 Å². The van der Waals surface area contributed by atoms with E-state index < -0.39 is 11.6 Å². The van der Waals surface area contributed by atoms with E-state index in [2.05, 4.69) is 34.2 Å². The minimum atomic E-state index is -0.701. The van der Waals surface area contributed by atoms with E-state index in [1.165, 1.54) is 29.6 Å². The Morgan fingerprint density at radius 1 is 1.22 bits per heavy atom. The van der Waals surface area contributed by atoms with Crippen molar-refractivity contribution in [3.63, 3.8) is 0 Å². The number of fused-ring (bicyclic) bond motifs is 2. The van der Waals surface area contributed by atoms with Crippen LogP contribution in [0.25, 0.3) is 10.9 Å². The zero-order chi connectivity index (χ0) is 22.2. The zero-order valence-electron chi connectivity index (χ0n) is 17.4. The first kappa shape index (κ1) is 20.1. The normalized spacial score (nSPS) is 15.6. The fourth-order valence-electron chi connectivity index (χ4n) is 4.52. The molecule has 32 heavy (non-hydrogen) atoms. The third-order valence-electron chi connectivity index (χ3n) is 6.24. The van der Waals surface area contributed by atoms with Gasteiger partial charge in [-0.15, -0.1) is 0 Å². The molecular weight excluding hydrogens is 407 g/mol. The van der Waals surface area contributed by atoms with Gasteiger partial charge >= 0.3 is 0 Å². The molecule has 0 aliphatic heterocycles. The number of rotatable bonds is 4. The van der Waals surface area contributed by atoms with Gasteiger partial charge in [-0.25, -0.2) is 9.37 Å². The topological polar surface area (TPSA) is 117 Å². The fraction of sp³-hybridized carbons (Fsp3) is 0.208. The summed E-state index contributed by atoms with van der Waals surface area (Å²) in [4.78, 5) is 8.49. The number of phenolic OH excluding ortho intramolecular Hbond substituents is 1. The van der Waals surface area contributed by atoms with Crippen molar-refractivity contribution in [2.45, 2.75) is 19.3 Å². The van der Waals surface area contributed by atoms with Crippen LogP contribution in [0.2, 0.25) is 0 Å². The van der Waals surface area contributed by atoms with Crippen LogP contribution in [0.1, 0.15) is 23.1 Å². The third-order valence-corrected chi connectivity index (χ3v) is 6.24. The molecular formula is C24H24FN6O+. The summed E-state index contributed by atoms with van der Waals surface area (Å²) >= 11 is 0. The van der Waals surface area contributed by atoms with Crippen molar-refractivity contribution >= 4 is 28.4 Å². The van der Waals surface area contributed by atoms with E-state index in [-0.39, 0.29) is 11.7 Å². The summed E-state index contributed by atoms with van der Waals surface area (Å²) in [5.41, 5.74) is 9.92. The number of hydrogen-bond acceptors (Lipinski definition) is 5. The summed E-state index contributed by atoms with van der Waals surface area (Å²) in [7, 11) is 0. The number of aromatic hydroxyl groups is 1. The van der Waals surface area contributed by atoms with E-state index in [1.54, 1.807) is 16.8 Å². The summed E-state index contributed by atoms with van der Waals surface area (Å²) in [6.45, 7) is 0.823. The highest BCUT2D eigenvalue weighted by Crippen LogP contribution is 2.27. The number of nitrogens with zero attached hydrogens (tertiary/aromatic N) is 3. The molecule has 6 N–H and O–H groups in total. The van der Waals surface area contributed by atoms with Gasteiger partial charge in [0.1, 0.15) is 23.5 Å². The number of nitrogens with one attached hydrogen (secondary N) is 1. The molecule has 5 rings (SSSR count). The van der Waals surface area contributed by atoms with E-state index in [0.717, 1.165) is 25.8 Å². The molecule has 1 unspecified atom stereocenters. The summed E-state index contributed by atoms with van der Waals surface area (Å²) in [6, 6.07) is 12.8. The molecule has 2 aromatic heterocycles. The SMILES string of the molecule is N=C(c1c(N)ncnc1[NH2+]CC1CCc2ccccc2C1)n1ccc2cc(F)c(O)cc21. The van der Waals surface area contributed by atoms with Gasteiger partial charge in [-0.2, -0.15) is 4.98 Å². The largest absolute Gasteiger partial charge is 0.505 e. The van der Waals surface area contributed by atoms with Crippen LogP contribution >= 0.6 is 0 Å². The summed E-state index contributed by atoms with van der Waals surface area (Å²) in [6.07, 6.45) is 6.25. The predicted octanol–water partition coefficient (Wildman–Crippen LogP) is 2.73. The molecule has 1 aliphatic rings. The van der Waals surface area contributed by atoms with Gasteiger partial charge in [0.25, 0.3) is 0 Å². The lowest BCUT2D eigenvalue weighted by Gasteiger charge is -2.23. The number of benzene rings is 2. The van der Waals surface area contributed by atoms with Gasteiger partial charge in [-0.05, 0) is 42.5 Å². The van der Waals surface area contributed by atoms with Crippen molar-refractivity contribution in [2.75, 3.05) is 12.3 Å². The number of nitrogens with two attached hydrogens (primary N) is 2. The zero-order valence-corrected chi connectivity index (χ0v) is 17.4. The van der Waals surface area contributed by atoms with Crippen molar-refractivity contribution in [1.82, 2.24) is 14.5 Å².